The first kappa shape index (κ1) is 22.2. The van der Waals surface area contributed by atoms with Crippen molar-refractivity contribution in [2.75, 3.05) is 13.2 Å². The van der Waals surface area contributed by atoms with E-state index in [0.717, 1.165) is 19.4 Å². The van der Waals surface area contributed by atoms with Gasteiger partial charge in [-0.15, -0.1) is 0 Å². The lowest BCUT2D eigenvalue weighted by Crippen LogP contribution is -2.45. The van der Waals surface area contributed by atoms with Crippen molar-refractivity contribution in [3.63, 3.8) is 0 Å². The lowest BCUT2D eigenvalue weighted by atomic mass is 9.65. The van der Waals surface area contributed by atoms with Crippen LogP contribution in [0.5, 0.6) is 11.5 Å². The molecule has 1 aliphatic carbocycles. The average Bonchev–Trinajstić information content (AvgIpc) is 3.12. The first-order chi connectivity index (χ1) is 15.2. The molecule has 0 spiro atoms. The van der Waals surface area contributed by atoms with E-state index < -0.39 is 0 Å². The van der Waals surface area contributed by atoms with Crippen LogP contribution in [0.2, 0.25) is 0 Å². The number of hydrogen-bond donors (Lipinski definition) is 1. The molecule has 3 unspecified atom stereocenters. The molecule has 2 aliphatic rings. The van der Waals surface area contributed by atoms with Gasteiger partial charge in [-0.1, -0.05) is 32.9 Å². The van der Waals surface area contributed by atoms with Crippen LogP contribution in [-0.2, 0) is 4.79 Å². The Bertz CT molecular complexity index is 1100. The molecule has 170 valence electrons. The van der Waals surface area contributed by atoms with Crippen LogP contribution >= 0.6 is 0 Å². The van der Waals surface area contributed by atoms with Gasteiger partial charge in [0.2, 0.25) is 0 Å². The van der Waals surface area contributed by atoms with Gasteiger partial charge in [-0.3, -0.25) is 14.2 Å². The van der Waals surface area contributed by atoms with Crippen LogP contribution < -0.4 is 10.3 Å². The number of phenolic OH excluding ortho intramolecular Hbond substituents is 1. The molecule has 2 bridgehead atoms. The monoisotopic (exact) mass is 436 g/mol. The third-order valence-electron chi connectivity index (χ3n) is 7.20. The first-order valence-corrected chi connectivity index (χ1v) is 11.4. The highest BCUT2D eigenvalue weighted by Crippen LogP contribution is 2.49. The summed E-state index contributed by atoms with van der Waals surface area (Å²) in [6.07, 6.45) is 5.46. The van der Waals surface area contributed by atoms with Gasteiger partial charge in [0.05, 0.1) is 6.61 Å². The normalized spacial score (nSPS) is 24.4. The number of amides is 1. The number of carbonyl (C=O) groups is 1. The number of aromatic hydroxyl groups is 1. The number of phenols is 1. The van der Waals surface area contributed by atoms with Crippen molar-refractivity contribution in [1.29, 1.82) is 0 Å². The van der Waals surface area contributed by atoms with Gasteiger partial charge in [-0.25, -0.2) is 0 Å². The molecule has 4 rings (SSSR count). The molecule has 1 saturated carbocycles. The molecular formula is C26H32N2O4. The van der Waals surface area contributed by atoms with Gasteiger partial charge in [-0.05, 0) is 66.9 Å². The summed E-state index contributed by atoms with van der Waals surface area (Å²) in [5.74, 6) is 1.11. The van der Waals surface area contributed by atoms with Crippen molar-refractivity contribution in [2.24, 2.45) is 17.3 Å². The molecule has 2 fully saturated rings. The molecule has 2 aromatic rings. The largest absolute Gasteiger partial charge is 0.504 e. The van der Waals surface area contributed by atoms with Crippen molar-refractivity contribution in [3.05, 3.63) is 58.5 Å². The number of fused-ring (bicyclic) bond motifs is 2. The fourth-order valence-electron chi connectivity index (χ4n) is 5.32. The van der Waals surface area contributed by atoms with Crippen molar-refractivity contribution in [3.8, 4) is 11.5 Å². The van der Waals surface area contributed by atoms with Gasteiger partial charge in [0.1, 0.15) is 5.70 Å². The summed E-state index contributed by atoms with van der Waals surface area (Å²) in [6.45, 7) is 9.78. The molecule has 6 heteroatoms. The highest BCUT2D eigenvalue weighted by molar-refractivity contribution is 6.18. The van der Waals surface area contributed by atoms with Crippen LogP contribution in [0.15, 0.2) is 47.4 Å². The predicted octanol–water partition coefficient (Wildman–Crippen LogP) is 4.23. The molecule has 6 nitrogen and oxygen atoms in total. The van der Waals surface area contributed by atoms with Crippen LogP contribution in [0.25, 0.3) is 11.8 Å². The van der Waals surface area contributed by atoms with Crippen LogP contribution in [-0.4, -0.2) is 39.7 Å². The Morgan fingerprint density at radius 3 is 2.78 bits per heavy atom. The Kier molecular flexibility index (Phi) is 5.89. The Labute approximate surface area is 189 Å². The minimum absolute atomic E-state index is 0.0400. The lowest BCUT2D eigenvalue weighted by Gasteiger charge is -2.42. The summed E-state index contributed by atoms with van der Waals surface area (Å²) >= 11 is 0. The van der Waals surface area contributed by atoms with E-state index in [1.165, 1.54) is 10.6 Å². The van der Waals surface area contributed by atoms with E-state index in [2.05, 4.69) is 20.8 Å². The fraction of sp³-hybridized carbons (Fsp3) is 0.462. The smallest absolute Gasteiger partial charge is 0.271 e. The maximum atomic E-state index is 13.9. The number of hydrogen-bond acceptors (Lipinski definition) is 4. The number of rotatable bonds is 5. The Hall–Kier alpha value is -3.02. The predicted molar refractivity (Wildman–Crippen MR) is 125 cm³/mol. The van der Waals surface area contributed by atoms with E-state index in [1.54, 1.807) is 42.6 Å². The minimum atomic E-state index is -0.258. The number of likely N-dealkylation sites (tertiary alicyclic amines) is 1. The quantitative estimate of drug-likeness (QED) is 0.712. The molecule has 1 N–H and O–H groups in total. The molecule has 1 amide bonds. The van der Waals surface area contributed by atoms with E-state index in [4.69, 9.17) is 4.74 Å². The lowest BCUT2D eigenvalue weighted by molar-refractivity contribution is -0.127. The third kappa shape index (κ3) is 4.06. The SMILES string of the molecule is CCOc1cc(/C=C(\C(=O)N2CC3CC2C(C)C(C)(C)C3)n2ccccc2=O)ccc1O. The maximum Gasteiger partial charge on any atom is 0.271 e. The second-order valence-corrected chi connectivity index (χ2v) is 9.71. The number of benzene rings is 1. The van der Waals surface area contributed by atoms with E-state index >= 15 is 0 Å². The minimum Gasteiger partial charge on any atom is -0.504 e. The van der Waals surface area contributed by atoms with Gasteiger partial charge in [0.25, 0.3) is 11.5 Å². The number of ether oxygens (including phenoxy) is 1. The van der Waals surface area contributed by atoms with E-state index in [-0.39, 0.29) is 28.7 Å². The van der Waals surface area contributed by atoms with Crippen LogP contribution in [0.1, 0.15) is 46.1 Å². The molecule has 0 radical (unpaired) electrons. The average molecular weight is 437 g/mol. The Morgan fingerprint density at radius 1 is 1.28 bits per heavy atom. The summed E-state index contributed by atoms with van der Waals surface area (Å²) in [7, 11) is 0. The molecule has 32 heavy (non-hydrogen) atoms. The Balaban J connectivity index is 1.77. The number of pyridine rings is 1. The standard InChI is InChI=1S/C26H32N2O4/c1-5-32-23-14-18(9-10-22(23)29)12-21(27-11-7-6-8-24(27)30)25(31)28-16-19-13-20(28)17(2)26(3,4)15-19/h6-12,14,17,19-20,29H,5,13,15-16H2,1-4H3/b21-12+. The fourth-order valence-corrected chi connectivity index (χ4v) is 5.32. The zero-order chi connectivity index (χ0) is 23.0. The van der Waals surface area contributed by atoms with Crippen molar-refractivity contribution >= 4 is 17.7 Å². The summed E-state index contributed by atoms with van der Waals surface area (Å²) in [5, 5.41) is 10.0. The number of aromatic nitrogens is 1. The molecule has 1 aliphatic heterocycles. The molecule has 2 heterocycles. The molecule has 1 aromatic carbocycles. The first-order valence-electron chi connectivity index (χ1n) is 11.4. The molecule has 1 aromatic heterocycles. The summed E-state index contributed by atoms with van der Waals surface area (Å²) in [5.41, 5.74) is 0.910. The van der Waals surface area contributed by atoms with Gasteiger partial charge in [0.15, 0.2) is 11.5 Å². The van der Waals surface area contributed by atoms with Crippen molar-refractivity contribution in [1.82, 2.24) is 9.47 Å². The second kappa shape index (κ2) is 8.49. The number of carbonyl (C=O) groups excluding carboxylic acids is 1. The summed E-state index contributed by atoms with van der Waals surface area (Å²) in [6, 6.07) is 9.98. The van der Waals surface area contributed by atoms with Crippen LogP contribution in [0.3, 0.4) is 0 Å². The van der Waals surface area contributed by atoms with E-state index in [9.17, 15) is 14.7 Å². The highest BCUT2D eigenvalue weighted by Gasteiger charge is 2.49. The van der Waals surface area contributed by atoms with Gasteiger partial charge >= 0.3 is 0 Å². The van der Waals surface area contributed by atoms with E-state index in [0.29, 0.717) is 35.5 Å². The van der Waals surface area contributed by atoms with Crippen LogP contribution in [0.4, 0.5) is 0 Å². The second-order valence-electron chi connectivity index (χ2n) is 9.71. The van der Waals surface area contributed by atoms with Crippen molar-refractivity contribution < 1.29 is 14.6 Å². The third-order valence-corrected chi connectivity index (χ3v) is 7.20. The molecular weight excluding hydrogens is 404 g/mol. The summed E-state index contributed by atoms with van der Waals surface area (Å²) < 4.78 is 6.91. The molecule has 3 atom stereocenters. The maximum absolute atomic E-state index is 13.9. The van der Waals surface area contributed by atoms with Crippen molar-refractivity contribution in [2.45, 2.75) is 46.6 Å². The topological polar surface area (TPSA) is 71.8 Å². The van der Waals surface area contributed by atoms with E-state index in [1.807, 2.05) is 11.8 Å². The summed E-state index contributed by atoms with van der Waals surface area (Å²) in [4.78, 5) is 28.5. The van der Waals surface area contributed by atoms with Gasteiger partial charge in [0, 0.05) is 24.8 Å². The van der Waals surface area contributed by atoms with Crippen LogP contribution in [0, 0.1) is 17.3 Å². The zero-order valence-electron chi connectivity index (χ0n) is 19.2. The number of nitrogens with zero attached hydrogens (tertiary/aromatic N) is 2. The van der Waals surface area contributed by atoms with Gasteiger partial charge < -0.3 is 14.7 Å². The van der Waals surface area contributed by atoms with Gasteiger partial charge in [-0.2, -0.15) is 0 Å². The highest BCUT2D eigenvalue weighted by atomic mass is 16.5. The zero-order valence-corrected chi connectivity index (χ0v) is 19.2. The molecule has 1 saturated heterocycles. The Morgan fingerprint density at radius 2 is 2.06 bits per heavy atom.